The molecule has 2 rings (SSSR count). The van der Waals surface area contributed by atoms with Gasteiger partial charge in [0.2, 0.25) is 11.1 Å². The summed E-state index contributed by atoms with van der Waals surface area (Å²) in [4.78, 5) is 24.2. The number of nitrogen functional groups attached to an aromatic ring is 1. The molecule has 0 bridgehead atoms. The fourth-order valence-electron chi connectivity index (χ4n) is 2.24. The van der Waals surface area contributed by atoms with Crippen LogP contribution in [0.4, 0.5) is 5.69 Å². The molecule has 8 nitrogen and oxygen atoms in total. The second kappa shape index (κ2) is 10.6. The predicted molar refractivity (Wildman–Crippen MR) is 105 cm³/mol. The fraction of sp³-hybridized carbons (Fsp3) is 0.444. The number of amides is 1. The standard InChI is InChI=1S/C18H25N5O3S/c1-3-5-10-26-17(25)13-8-6-9-14(11-13)20-16(24)12-27-18-22-21-15(7-4-2)23(18)19/h6,8-9,11H,3-5,7,10,12,19H2,1-2H3,(H,20,24). The summed E-state index contributed by atoms with van der Waals surface area (Å²) >= 11 is 1.21. The second-order valence-electron chi connectivity index (χ2n) is 5.93. The molecule has 0 aliphatic carbocycles. The molecule has 1 aromatic carbocycles. The third kappa shape index (κ3) is 6.28. The van der Waals surface area contributed by atoms with Gasteiger partial charge in [0.1, 0.15) is 0 Å². The molecule has 9 heteroatoms. The molecular formula is C18H25N5O3S. The summed E-state index contributed by atoms with van der Waals surface area (Å²) < 4.78 is 6.59. The highest BCUT2D eigenvalue weighted by atomic mass is 32.2. The van der Waals surface area contributed by atoms with E-state index in [1.54, 1.807) is 24.3 Å². The van der Waals surface area contributed by atoms with E-state index in [0.717, 1.165) is 25.7 Å². The highest BCUT2D eigenvalue weighted by Crippen LogP contribution is 2.17. The maximum atomic E-state index is 12.2. The summed E-state index contributed by atoms with van der Waals surface area (Å²) in [6.45, 7) is 4.45. The molecular weight excluding hydrogens is 366 g/mol. The number of esters is 1. The molecule has 0 saturated heterocycles. The highest BCUT2D eigenvalue weighted by Gasteiger charge is 2.13. The number of ether oxygens (including phenoxy) is 1. The molecule has 27 heavy (non-hydrogen) atoms. The van der Waals surface area contributed by atoms with E-state index in [2.05, 4.69) is 15.5 Å². The molecule has 0 aliphatic heterocycles. The molecule has 3 N–H and O–H groups in total. The number of thioether (sulfide) groups is 1. The first-order valence-electron chi connectivity index (χ1n) is 8.94. The van der Waals surface area contributed by atoms with Crippen LogP contribution in [0.5, 0.6) is 0 Å². The fourth-order valence-corrected chi connectivity index (χ4v) is 2.92. The third-order valence-corrected chi connectivity index (χ3v) is 4.60. The van der Waals surface area contributed by atoms with Crippen LogP contribution in [0.15, 0.2) is 29.4 Å². The van der Waals surface area contributed by atoms with Crippen LogP contribution in [0.25, 0.3) is 0 Å². The van der Waals surface area contributed by atoms with E-state index in [1.165, 1.54) is 16.4 Å². The first-order chi connectivity index (χ1) is 13.0. The summed E-state index contributed by atoms with van der Waals surface area (Å²) in [5.74, 6) is 6.12. The van der Waals surface area contributed by atoms with E-state index in [9.17, 15) is 9.59 Å². The van der Waals surface area contributed by atoms with Crippen LogP contribution in [0.2, 0.25) is 0 Å². The normalized spacial score (nSPS) is 10.6. The molecule has 0 fully saturated rings. The average molecular weight is 391 g/mol. The van der Waals surface area contributed by atoms with Crippen molar-refractivity contribution in [2.75, 3.05) is 23.5 Å². The van der Waals surface area contributed by atoms with Gasteiger partial charge in [-0.15, -0.1) is 10.2 Å². The van der Waals surface area contributed by atoms with Gasteiger partial charge in [-0.05, 0) is 31.0 Å². The molecule has 2 aromatic rings. The number of aryl methyl sites for hydroxylation is 1. The topological polar surface area (TPSA) is 112 Å². The van der Waals surface area contributed by atoms with Crippen molar-refractivity contribution in [3.63, 3.8) is 0 Å². The van der Waals surface area contributed by atoms with E-state index >= 15 is 0 Å². The van der Waals surface area contributed by atoms with Crippen LogP contribution < -0.4 is 11.2 Å². The average Bonchev–Trinajstić information content (AvgIpc) is 3.00. The zero-order chi connectivity index (χ0) is 19.6. The number of hydrogen-bond donors (Lipinski definition) is 2. The molecule has 1 heterocycles. The molecule has 1 amide bonds. The number of aromatic nitrogens is 3. The highest BCUT2D eigenvalue weighted by molar-refractivity contribution is 7.99. The molecule has 0 spiro atoms. The maximum absolute atomic E-state index is 12.2. The van der Waals surface area contributed by atoms with Crippen LogP contribution in [0.3, 0.4) is 0 Å². The Morgan fingerprint density at radius 1 is 1.26 bits per heavy atom. The Morgan fingerprint density at radius 2 is 2.07 bits per heavy atom. The number of rotatable bonds is 10. The Bertz CT molecular complexity index is 778. The first kappa shape index (κ1) is 20.8. The van der Waals surface area contributed by atoms with E-state index in [4.69, 9.17) is 10.6 Å². The van der Waals surface area contributed by atoms with Gasteiger partial charge in [0, 0.05) is 12.1 Å². The van der Waals surface area contributed by atoms with Gasteiger partial charge < -0.3 is 15.9 Å². The Hall–Kier alpha value is -2.55. The number of benzene rings is 1. The van der Waals surface area contributed by atoms with E-state index in [1.807, 2.05) is 13.8 Å². The number of carbonyl (C=O) groups is 2. The number of hydrogen-bond acceptors (Lipinski definition) is 7. The number of nitrogens with two attached hydrogens (primary N) is 1. The van der Waals surface area contributed by atoms with Gasteiger partial charge in [-0.3, -0.25) is 4.79 Å². The molecule has 1 aromatic heterocycles. The van der Waals surface area contributed by atoms with Crippen molar-refractivity contribution < 1.29 is 14.3 Å². The summed E-state index contributed by atoms with van der Waals surface area (Å²) in [7, 11) is 0. The largest absolute Gasteiger partial charge is 0.462 e. The number of nitrogens with one attached hydrogen (secondary N) is 1. The van der Waals surface area contributed by atoms with Crippen LogP contribution in [-0.2, 0) is 16.0 Å². The maximum Gasteiger partial charge on any atom is 0.338 e. The van der Waals surface area contributed by atoms with Crippen molar-refractivity contribution in [1.29, 1.82) is 0 Å². The van der Waals surface area contributed by atoms with Crippen molar-refractivity contribution in [3.8, 4) is 0 Å². The van der Waals surface area contributed by atoms with Gasteiger partial charge in [-0.25, -0.2) is 9.47 Å². The smallest absolute Gasteiger partial charge is 0.338 e. The number of carbonyl (C=O) groups excluding carboxylic acids is 2. The lowest BCUT2D eigenvalue weighted by Crippen LogP contribution is -2.17. The SMILES string of the molecule is CCCCOC(=O)c1cccc(NC(=O)CSc2nnc(CCC)n2N)c1. The minimum Gasteiger partial charge on any atom is -0.462 e. The summed E-state index contributed by atoms with van der Waals surface area (Å²) in [5, 5.41) is 11.3. The minimum absolute atomic E-state index is 0.132. The van der Waals surface area contributed by atoms with Gasteiger partial charge in [0.15, 0.2) is 5.82 Å². The van der Waals surface area contributed by atoms with Crippen molar-refractivity contribution >= 4 is 29.3 Å². The van der Waals surface area contributed by atoms with Crippen molar-refractivity contribution in [1.82, 2.24) is 14.9 Å². The summed E-state index contributed by atoms with van der Waals surface area (Å²) in [6, 6.07) is 6.68. The Morgan fingerprint density at radius 3 is 2.81 bits per heavy atom. The van der Waals surface area contributed by atoms with Crippen LogP contribution in [0.1, 0.15) is 49.3 Å². The Balaban J connectivity index is 1.88. The van der Waals surface area contributed by atoms with Crippen LogP contribution in [0, 0.1) is 0 Å². The monoisotopic (exact) mass is 391 g/mol. The Kier molecular flexibility index (Phi) is 8.12. The summed E-state index contributed by atoms with van der Waals surface area (Å²) in [5.41, 5.74) is 0.939. The third-order valence-electron chi connectivity index (χ3n) is 3.65. The Labute approximate surface area is 162 Å². The van der Waals surface area contributed by atoms with Crippen molar-refractivity contribution in [2.45, 2.75) is 44.7 Å². The van der Waals surface area contributed by atoms with Gasteiger partial charge in [-0.1, -0.05) is 38.1 Å². The molecule has 146 valence electrons. The van der Waals surface area contributed by atoms with Crippen molar-refractivity contribution in [2.24, 2.45) is 0 Å². The van der Waals surface area contributed by atoms with E-state index in [-0.39, 0.29) is 11.7 Å². The van der Waals surface area contributed by atoms with Gasteiger partial charge >= 0.3 is 5.97 Å². The van der Waals surface area contributed by atoms with Gasteiger partial charge in [0.05, 0.1) is 17.9 Å². The predicted octanol–water partition coefficient (Wildman–Crippen LogP) is 2.63. The van der Waals surface area contributed by atoms with Crippen molar-refractivity contribution in [3.05, 3.63) is 35.7 Å². The lowest BCUT2D eigenvalue weighted by atomic mass is 10.2. The first-order valence-corrected chi connectivity index (χ1v) is 9.92. The summed E-state index contributed by atoms with van der Waals surface area (Å²) in [6.07, 6.45) is 3.43. The van der Waals surface area contributed by atoms with Gasteiger partial charge in [-0.2, -0.15) is 0 Å². The minimum atomic E-state index is -0.395. The van der Waals surface area contributed by atoms with Crippen LogP contribution >= 0.6 is 11.8 Å². The molecule has 0 radical (unpaired) electrons. The van der Waals surface area contributed by atoms with Gasteiger partial charge in [0.25, 0.3) is 0 Å². The lowest BCUT2D eigenvalue weighted by molar-refractivity contribution is -0.113. The number of unbranched alkanes of at least 4 members (excludes halogenated alkanes) is 1. The van der Waals surface area contributed by atoms with E-state index in [0.29, 0.717) is 28.8 Å². The molecule has 0 saturated carbocycles. The number of anilines is 1. The quantitative estimate of drug-likeness (QED) is 0.277. The zero-order valence-electron chi connectivity index (χ0n) is 15.6. The second-order valence-corrected chi connectivity index (χ2v) is 6.87. The molecule has 0 atom stereocenters. The zero-order valence-corrected chi connectivity index (χ0v) is 16.4. The molecule has 0 unspecified atom stereocenters. The molecule has 0 aliphatic rings. The van der Waals surface area contributed by atoms with Crippen LogP contribution in [-0.4, -0.2) is 39.1 Å². The van der Waals surface area contributed by atoms with E-state index < -0.39 is 5.97 Å². The lowest BCUT2D eigenvalue weighted by Gasteiger charge is -2.08. The number of nitrogens with zero attached hydrogens (tertiary/aromatic N) is 3.